The van der Waals surface area contributed by atoms with Gasteiger partial charge in [0.2, 0.25) is 11.8 Å². The molecular weight excluding hydrogens is 452 g/mol. The lowest BCUT2D eigenvalue weighted by molar-refractivity contribution is -0.133. The Morgan fingerprint density at radius 1 is 0.794 bits per heavy atom. The molecule has 2 aromatic rings. The molecule has 7 nitrogen and oxygen atoms in total. The van der Waals surface area contributed by atoms with Crippen molar-refractivity contribution in [3.8, 4) is 11.5 Å². The van der Waals surface area contributed by atoms with Crippen molar-refractivity contribution in [2.45, 2.75) is 25.7 Å². The number of hydrogen-bond acceptors (Lipinski definition) is 5. The molecule has 0 bridgehead atoms. The van der Waals surface area contributed by atoms with Crippen LogP contribution in [0.3, 0.4) is 0 Å². The second-order valence-electron chi connectivity index (χ2n) is 8.95. The number of benzene rings is 2. The molecule has 0 aliphatic carbocycles. The number of hydrogen-bond donors (Lipinski definition) is 1. The van der Waals surface area contributed by atoms with Crippen LogP contribution in [0.15, 0.2) is 48.5 Å². The molecule has 2 heterocycles. The van der Waals surface area contributed by atoms with E-state index in [4.69, 9.17) is 16.3 Å². The normalized spacial score (nSPS) is 17.7. The largest absolute Gasteiger partial charge is 0.456 e. The molecule has 0 radical (unpaired) electrons. The topological polar surface area (TPSA) is 65.1 Å². The molecule has 0 atom stereocenters. The van der Waals surface area contributed by atoms with Gasteiger partial charge in [0.1, 0.15) is 11.5 Å². The number of amides is 2. The SMILES string of the molecule is O=C(CN1CCN(CC(=O)N2CCCCCC2)CC1)Nc1ccc(Oc2ccccc2Cl)cc1. The summed E-state index contributed by atoms with van der Waals surface area (Å²) in [5, 5.41) is 3.49. The smallest absolute Gasteiger partial charge is 0.238 e. The van der Waals surface area contributed by atoms with Crippen LogP contribution in [-0.4, -0.2) is 78.9 Å². The van der Waals surface area contributed by atoms with E-state index in [2.05, 4.69) is 15.1 Å². The van der Waals surface area contributed by atoms with E-state index in [1.165, 1.54) is 12.8 Å². The van der Waals surface area contributed by atoms with Crippen molar-refractivity contribution in [2.75, 3.05) is 57.7 Å². The molecule has 0 spiro atoms. The van der Waals surface area contributed by atoms with Gasteiger partial charge >= 0.3 is 0 Å². The molecule has 2 amide bonds. The van der Waals surface area contributed by atoms with E-state index in [-0.39, 0.29) is 11.8 Å². The second-order valence-corrected chi connectivity index (χ2v) is 9.36. The Labute approximate surface area is 206 Å². The summed E-state index contributed by atoms with van der Waals surface area (Å²) in [5.74, 6) is 1.44. The monoisotopic (exact) mass is 484 g/mol. The van der Waals surface area contributed by atoms with Crippen molar-refractivity contribution in [3.05, 3.63) is 53.6 Å². The maximum Gasteiger partial charge on any atom is 0.238 e. The number of halogens is 1. The van der Waals surface area contributed by atoms with Crippen molar-refractivity contribution in [1.82, 2.24) is 14.7 Å². The van der Waals surface area contributed by atoms with E-state index < -0.39 is 0 Å². The zero-order valence-electron chi connectivity index (χ0n) is 19.5. The highest BCUT2D eigenvalue weighted by molar-refractivity contribution is 6.32. The van der Waals surface area contributed by atoms with Gasteiger partial charge in [-0.05, 0) is 49.2 Å². The highest BCUT2D eigenvalue weighted by Crippen LogP contribution is 2.29. The quantitative estimate of drug-likeness (QED) is 0.641. The molecule has 0 unspecified atom stereocenters. The predicted octanol–water partition coefficient (Wildman–Crippen LogP) is 4.09. The van der Waals surface area contributed by atoms with Gasteiger partial charge in [0.25, 0.3) is 0 Å². The van der Waals surface area contributed by atoms with Crippen LogP contribution in [0.4, 0.5) is 5.69 Å². The molecule has 1 N–H and O–H groups in total. The van der Waals surface area contributed by atoms with Gasteiger partial charge < -0.3 is 15.0 Å². The number of carbonyl (C=O) groups excluding carboxylic acids is 2. The maximum atomic E-state index is 12.6. The van der Waals surface area contributed by atoms with E-state index in [0.717, 1.165) is 57.8 Å². The van der Waals surface area contributed by atoms with Gasteiger partial charge in [-0.1, -0.05) is 36.6 Å². The number of nitrogens with zero attached hydrogens (tertiary/aromatic N) is 3. The van der Waals surface area contributed by atoms with Crippen LogP contribution in [0.25, 0.3) is 0 Å². The van der Waals surface area contributed by atoms with E-state index in [9.17, 15) is 9.59 Å². The fourth-order valence-electron chi connectivity index (χ4n) is 4.38. The highest BCUT2D eigenvalue weighted by Gasteiger charge is 2.23. The number of likely N-dealkylation sites (tertiary alicyclic amines) is 1. The molecular formula is C26H33ClN4O3. The molecule has 4 rings (SSSR count). The number of carbonyl (C=O) groups is 2. The van der Waals surface area contributed by atoms with Crippen molar-refractivity contribution < 1.29 is 14.3 Å². The van der Waals surface area contributed by atoms with E-state index in [1.54, 1.807) is 18.2 Å². The number of rotatable bonds is 7. The Kier molecular flexibility index (Phi) is 8.79. The molecule has 2 aliphatic heterocycles. The third kappa shape index (κ3) is 7.19. The predicted molar refractivity (Wildman–Crippen MR) is 135 cm³/mol. The van der Waals surface area contributed by atoms with Gasteiger partial charge in [0.05, 0.1) is 18.1 Å². The van der Waals surface area contributed by atoms with Crippen LogP contribution >= 0.6 is 11.6 Å². The summed E-state index contributed by atoms with van der Waals surface area (Å²) in [4.78, 5) is 31.5. The average molecular weight is 485 g/mol. The molecule has 2 aliphatic rings. The standard InChI is InChI=1S/C26H33ClN4O3/c27-23-7-3-4-8-24(23)34-22-11-9-21(10-12-22)28-25(32)19-29-15-17-30(18-16-29)20-26(33)31-13-5-1-2-6-14-31/h3-4,7-12H,1-2,5-6,13-20H2,(H,28,32). The van der Waals surface area contributed by atoms with Crippen LogP contribution in [0.2, 0.25) is 5.02 Å². The fraction of sp³-hybridized carbons (Fsp3) is 0.462. The van der Waals surface area contributed by atoms with Crippen molar-refractivity contribution in [3.63, 3.8) is 0 Å². The van der Waals surface area contributed by atoms with Gasteiger partial charge in [0.15, 0.2) is 0 Å². The molecule has 2 aromatic carbocycles. The molecule has 0 aromatic heterocycles. The molecule has 2 saturated heterocycles. The summed E-state index contributed by atoms with van der Waals surface area (Å²) >= 11 is 6.13. The third-order valence-corrected chi connectivity index (χ3v) is 6.66. The minimum atomic E-state index is -0.0473. The lowest BCUT2D eigenvalue weighted by Crippen LogP contribution is -2.51. The summed E-state index contributed by atoms with van der Waals surface area (Å²) in [6.45, 7) is 5.80. The van der Waals surface area contributed by atoms with Crippen LogP contribution in [0.1, 0.15) is 25.7 Å². The highest BCUT2D eigenvalue weighted by atomic mass is 35.5. The summed E-state index contributed by atoms with van der Waals surface area (Å²) in [5.41, 5.74) is 0.721. The fourth-order valence-corrected chi connectivity index (χ4v) is 4.56. The maximum absolute atomic E-state index is 12.6. The first-order valence-corrected chi connectivity index (χ1v) is 12.5. The number of anilines is 1. The lowest BCUT2D eigenvalue weighted by Gasteiger charge is -2.35. The Balaban J connectivity index is 1.18. The molecule has 34 heavy (non-hydrogen) atoms. The zero-order chi connectivity index (χ0) is 23.8. The zero-order valence-corrected chi connectivity index (χ0v) is 20.3. The van der Waals surface area contributed by atoms with Crippen LogP contribution in [0.5, 0.6) is 11.5 Å². The average Bonchev–Trinajstić information content (AvgIpc) is 3.13. The van der Waals surface area contributed by atoms with E-state index >= 15 is 0 Å². The Hall–Kier alpha value is -2.61. The summed E-state index contributed by atoms with van der Waals surface area (Å²) in [7, 11) is 0. The first-order chi connectivity index (χ1) is 16.6. The Bertz CT molecular complexity index is 953. The first-order valence-electron chi connectivity index (χ1n) is 12.1. The Morgan fingerprint density at radius 2 is 1.41 bits per heavy atom. The van der Waals surface area contributed by atoms with Gasteiger partial charge in [-0.2, -0.15) is 0 Å². The number of ether oxygens (including phenoxy) is 1. The van der Waals surface area contributed by atoms with Crippen LogP contribution < -0.4 is 10.1 Å². The van der Waals surface area contributed by atoms with Crippen LogP contribution in [-0.2, 0) is 9.59 Å². The van der Waals surface area contributed by atoms with Crippen molar-refractivity contribution >= 4 is 29.1 Å². The summed E-state index contributed by atoms with van der Waals surface area (Å²) in [6.07, 6.45) is 4.69. The number of para-hydroxylation sites is 1. The van der Waals surface area contributed by atoms with Gasteiger partial charge in [-0.3, -0.25) is 19.4 Å². The van der Waals surface area contributed by atoms with Gasteiger partial charge in [-0.25, -0.2) is 0 Å². The van der Waals surface area contributed by atoms with Crippen molar-refractivity contribution in [1.29, 1.82) is 0 Å². The lowest BCUT2D eigenvalue weighted by atomic mass is 10.2. The molecule has 0 saturated carbocycles. The van der Waals surface area contributed by atoms with E-state index in [1.807, 2.05) is 35.2 Å². The summed E-state index contributed by atoms with van der Waals surface area (Å²) < 4.78 is 5.79. The molecule has 8 heteroatoms. The van der Waals surface area contributed by atoms with Crippen molar-refractivity contribution in [2.24, 2.45) is 0 Å². The number of piperazine rings is 1. The first kappa shape index (κ1) is 24.5. The minimum Gasteiger partial charge on any atom is -0.456 e. The summed E-state index contributed by atoms with van der Waals surface area (Å²) in [6, 6.07) is 14.5. The third-order valence-electron chi connectivity index (χ3n) is 6.35. The second kappa shape index (κ2) is 12.2. The molecule has 2 fully saturated rings. The minimum absolute atomic E-state index is 0.0473. The number of nitrogens with one attached hydrogen (secondary N) is 1. The Morgan fingerprint density at radius 3 is 2.06 bits per heavy atom. The van der Waals surface area contributed by atoms with Crippen LogP contribution in [0, 0.1) is 0 Å². The van der Waals surface area contributed by atoms with Gasteiger partial charge in [0, 0.05) is 45.0 Å². The van der Waals surface area contributed by atoms with E-state index in [0.29, 0.717) is 29.6 Å². The van der Waals surface area contributed by atoms with Gasteiger partial charge in [-0.15, -0.1) is 0 Å². The molecule has 182 valence electrons.